The monoisotopic (exact) mass is 169 g/mol. The maximum Gasteiger partial charge on any atom is 0.000714 e. The third-order valence-corrected chi connectivity index (χ3v) is 3.02. The summed E-state index contributed by atoms with van der Waals surface area (Å²) in [5, 5.41) is 0. The average molecular weight is 169 g/mol. The lowest BCUT2D eigenvalue weighted by molar-refractivity contribution is 0.148. The fourth-order valence-electron chi connectivity index (χ4n) is 1.93. The van der Waals surface area contributed by atoms with Crippen LogP contribution in [0.15, 0.2) is 0 Å². The maximum atomic E-state index is 2.58. The zero-order chi connectivity index (χ0) is 8.97. The van der Waals surface area contributed by atoms with E-state index in [4.69, 9.17) is 0 Å². The lowest BCUT2D eigenvalue weighted by atomic mass is 9.94. The van der Waals surface area contributed by atoms with E-state index in [0.29, 0.717) is 0 Å². The highest BCUT2D eigenvalue weighted by molar-refractivity contribution is 4.71. The van der Waals surface area contributed by atoms with Crippen LogP contribution in [0.5, 0.6) is 0 Å². The summed E-state index contributed by atoms with van der Waals surface area (Å²) in [4.78, 5) is 2.58. The lowest BCUT2D eigenvalue weighted by Crippen LogP contribution is -2.40. The Morgan fingerprint density at radius 2 is 1.83 bits per heavy atom. The molecule has 0 radical (unpaired) electrons. The van der Waals surface area contributed by atoms with Crippen molar-refractivity contribution < 1.29 is 0 Å². The third-order valence-electron chi connectivity index (χ3n) is 3.02. The highest BCUT2D eigenvalue weighted by Gasteiger charge is 2.17. The van der Waals surface area contributed by atoms with Crippen LogP contribution in [-0.2, 0) is 0 Å². The van der Waals surface area contributed by atoms with Crippen LogP contribution in [-0.4, -0.2) is 24.5 Å². The number of nitrogens with zero attached hydrogens (tertiary/aromatic N) is 1. The molecule has 0 amide bonds. The van der Waals surface area contributed by atoms with Crippen molar-refractivity contribution in [3.8, 4) is 0 Å². The molecule has 0 bridgehead atoms. The topological polar surface area (TPSA) is 3.24 Å². The molecule has 1 rings (SSSR count). The van der Waals surface area contributed by atoms with E-state index in [1.807, 2.05) is 0 Å². The van der Waals surface area contributed by atoms with Gasteiger partial charge < -0.3 is 4.90 Å². The Hall–Kier alpha value is -0.0400. The standard InChI is InChI=1S/C11H23N/c1-4-10(2)8-11(3)9-12-6-5-7-12/h10-11H,4-9H2,1-3H3. The second-order valence-corrected chi connectivity index (χ2v) is 4.51. The number of likely N-dealkylation sites (tertiary alicyclic amines) is 1. The molecule has 0 spiro atoms. The van der Waals surface area contributed by atoms with E-state index < -0.39 is 0 Å². The second-order valence-electron chi connectivity index (χ2n) is 4.51. The van der Waals surface area contributed by atoms with Crippen LogP contribution >= 0.6 is 0 Å². The highest BCUT2D eigenvalue weighted by atomic mass is 15.2. The number of rotatable bonds is 5. The minimum Gasteiger partial charge on any atom is -0.303 e. The molecule has 1 fully saturated rings. The minimum absolute atomic E-state index is 0.903. The van der Waals surface area contributed by atoms with Gasteiger partial charge in [-0.25, -0.2) is 0 Å². The molecule has 1 aliphatic heterocycles. The van der Waals surface area contributed by atoms with E-state index in [2.05, 4.69) is 25.7 Å². The van der Waals surface area contributed by atoms with Crippen LogP contribution in [0.25, 0.3) is 0 Å². The summed E-state index contributed by atoms with van der Waals surface area (Å²) in [6.45, 7) is 11.1. The normalized spacial score (nSPS) is 23.2. The summed E-state index contributed by atoms with van der Waals surface area (Å²) in [5.74, 6) is 1.82. The predicted molar refractivity (Wildman–Crippen MR) is 54.3 cm³/mol. The van der Waals surface area contributed by atoms with E-state index in [1.165, 1.54) is 38.9 Å². The van der Waals surface area contributed by atoms with Crippen molar-refractivity contribution in [1.82, 2.24) is 4.90 Å². The Kier molecular flexibility index (Phi) is 4.07. The van der Waals surface area contributed by atoms with Crippen LogP contribution in [0.4, 0.5) is 0 Å². The number of hydrogen-bond donors (Lipinski definition) is 0. The van der Waals surface area contributed by atoms with Crippen LogP contribution in [0.3, 0.4) is 0 Å². The molecule has 1 nitrogen and oxygen atoms in total. The summed E-state index contributed by atoms with van der Waals surface area (Å²) in [6.07, 6.45) is 4.17. The Morgan fingerprint density at radius 1 is 1.17 bits per heavy atom. The van der Waals surface area contributed by atoms with Crippen molar-refractivity contribution in [3.63, 3.8) is 0 Å². The van der Waals surface area contributed by atoms with Crippen LogP contribution in [0, 0.1) is 11.8 Å². The molecule has 0 aromatic carbocycles. The Bertz CT molecular complexity index is 111. The van der Waals surface area contributed by atoms with Gasteiger partial charge in [0.25, 0.3) is 0 Å². The summed E-state index contributed by atoms with van der Waals surface area (Å²) < 4.78 is 0. The zero-order valence-corrected chi connectivity index (χ0v) is 8.84. The molecule has 0 N–H and O–H groups in total. The molecule has 0 saturated carbocycles. The van der Waals surface area contributed by atoms with E-state index in [1.54, 1.807) is 0 Å². The van der Waals surface area contributed by atoms with Gasteiger partial charge in [-0.1, -0.05) is 27.2 Å². The van der Waals surface area contributed by atoms with Crippen LogP contribution in [0.2, 0.25) is 0 Å². The molecule has 1 heterocycles. The SMILES string of the molecule is CCC(C)CC(C)CN1CCC1. The Balaban J connectivity index is 2.05. The molecule has 2 atom stereocenters. The molecule has 1 saturated heterocycles. The van der Waals surface area contributed by atoms with Gasteiger partial charge >= 0.3 is 0 Å². The minimum atomic E-state index is 0.903. The first-order valence-corrected chi connectivity index (χ1v) is 5.44. The first-order valence-electron chi connectivity index (χ1n) is 5.44. The molecule has 0 aliphatic carbocycles. The first-order chi connectivity index (χ1) is 5.72. The van der Waals surface area contributed by atoms with Gasteiger partial charge in [-0.15, -0.1) is 0 Å². The summed E-state index contributed by atoms with van der Waals surface area (Å²) in [7, 11) is 0. The van der Waals surface area contributed by atoms with Crippen LogP contribution in [0.1, 0.15) is 40.0 Å². The van der Waals surface area contributed by atoms with Gasteiger partial charge in [-0.05, 0) is 37.8 Å². The summed E-state index contributed by atoms with van der Waals surface area (Å²) >= 11 is 0. The fourth-order valence-corrected chi connectivity index (χ4v) is 1.93. The van der Waals surface area contributed by atoms with Gasteiger partial charge in [0, 0.05) is 6.54 Å². The van der Waals surface area contributed by atoms with Crippen molar-refractivity contribution in [2.75, 3.05) is 19.6 Å². The molecule has 2 unspecified atom stereocenters. The van der Waals surface area contributed by atoms with Crippen molar-refractivity contribution in [1.29, 1.82) is 0 Å². The van der Waals surface area contributed by atoms with E-state index >= 15 is 0 Å². The van der Waals surface area contributed by atoms with Crippen molar-refractivity contribution in [3.05, 3.63) is 0 Å². The van der Waals surface area contributed by atoms with Gasteiger partial charge in [-0.3, -0.25) is 0 Å². The molecule has 72 valence electrons. The largest absolute Gasteiger partial charge is 0.303 e. The van der Waals surface area contributed by atoms with Gasteiger partial charge in [0.2, 0.25) is 0 Å². The van der Waals surface area contributed by atoms with E-state index in [0.717, 1.165) is 11.8 Å². The van der Waals surface area contributed by atoms with E-state index in [-0.39, 0.29) is 0 Å². The zero-order valence-electron chi connectivity index (χ0n) is 8.84. The van der Waals surface area contributed by atoms with Gasteiger partial charge in [0.15, 0.2) is 0 Å². The van der Waals surface area contributed by atoms with Crippen LogP contribution < -0.4 is 0 Å². The molecule has 0 aromatic heterocycles. The van der Waals surface area contributed by atoms with Gasteiger partial charge in [-0.2, -0.15) is 0 Å². The van der Waals surface area contributed by atoms with Gasteiger partial charge in [0.1, 0.15) is 0 Å². The van der Waals surface area contributed by atoms with Crippen molar-refractivity contribution in [2.24, 2.45) is 11.8 Å². The maximum absolute atomic E-state index is 2.58. The molecule has 1 heteroatoms. The molecule has 1 aliphatic rings. The fraction of sp³-hybridized carbons (Fsp3) is 1.00. The molecular formula is C11H23N. The molecule has 0 aromatic rings. The molecular weight excluding hydrogens is 146 g/mol. The predicted octanol–water partition coefficient (Wildman–Crippen LogP) is 2.76. The summed E-state index contributed by atoms with van der Waals surface area (Å²) in [5.41, 5.74) is 0. The van der Waals surface area contributed by atoms with Gasteiger partial charge in [0.05, 0.1) is 0 Å². The smallest absolute Gasteiger partial charge is 0.000714 e. The first kappa shape index (κ1) is 10.0. The third kappa shape index (κ3) is 3.14. The Morgan fingerprint density at radius 3 is 2.25 bits per heavy atom. The quantitative estimate of drug-likeness (QED) is 0.611. The van der Waals surface area contributed by atoms with Crippen molar-refractivity contribution in [2.45, 2.75) is 40.0 Å². The highest BCUT2D eigenvalue weighted by Crippen LogP contribution is 2.17. The molecule has 12 heavy (non-hydrogen) atoms. The lowest BCUT2D eigenvalue weighted by Gasteiger charge is -2.33. The van der Waals surface area contributed by atoms with Crippen molar-refractivity contribution >= 4 is 0 Å². The van der Waals surface area contributed by atoms with E-state index in [9.17, 15) is 0 Å². The second kappa shape index (κ2) is 4.86. The average Bonchev–Trinajstić information content (AvgIpc) is 1.97. The number of hydrogen-bond acceptors (Lipinski definition) is 1. The Labute approximate surface area is 77.1 Å². The summed E-state index contributed by atoms with van der Waals surface area (Å²) in [6, 6.07) is 0.